The number of nitrogens with two attached hydrogens (primary N) is 1. The Balaban J connectivity index is 1.76. The van der Waals surface area contributed by atoms with Crippen LogP contribution in [0.2, 0.25) is 0 Å². The number of imidazole rings is 1. The van der Waals surface area contributed by atoms with Gasteiger partial charge in [0.15, 0.2) is 5.82 Å². The van der Waals surface area contributed by atoms with Crippen molar-refractivity contribution in [3.8, 4) is 5.75 Å². The van der Waals surface area contributed by atoms with Gasteiger partial charge in [-0.15, -0.1) is 0 Å². The van der Waals surface area contributed by atoms with Crippen molar-refractivity contribution in [2.24, 2.45) is 5.92 Å². The zero-order chi connectivity index (χ0) is 21.1. The van der Waals surface area contributed by atoms with Crippen molar-refractivity contribution in [2.75, 3.05) is 19.5 Å². The van der Waals surface area contributed by atoms with Crippen molar-refractivity contribution < 1.29 is 9.47 Å². The van der Waals surface area contributed by atoms with Crippen LogP contribution in [0.1, 0.15) is 25.2 Å². The second kappa shape index (κ2) is 8.71. The standard InChI is InChI=1S/C24H28N4O2/c1-16(2)14-28-21(11-12-29-3)27-22-23(28)19-10-9-18(13-20(19)26-24(22)25)30-15-17-7-5-4-6-8-17/h4-10,13,16H,11-12,14-15H2,1-3H3,(H2,25,26). The fraction of sp³-hybridized carbons (Fsp3) is 0.333. The molecule has 0 atom stereocenters. The molecule has 0 aliphatic heterocycles. The number of fused-ring (bicyclic) bond motifs is 3. The minimum atomic E-state index is 0.443. The average Bonchev–Trinajstić information content (AvgIpc) is 3.10. The molecule has 0 spiro atoms. The monoisotopic (exact) mass is 404 g/mol. The van der Waals surface area contributed by atoms with Crippen LogP contribution < -0.4 is 10.5 Å². The summed E-state index contributed by atoms with van der Waals surface area (Å²) in [7, 11) is 1.71. The van der Waals surface area contributed by atoms with Crippen molar-refractivity contribution in [1.29, 1.82) is 0 Å². The number of methoxy groups -OCH3 is 1. The van der Waals surface area contributed by atoms with E-state index in [1.165, 1.54) is 0 Å². The fourth-order valence-electron chi connectivity index (χ4n) is 3.71. The van der Waals surface area contributed by atoms with E-state index in [9.17, 15) is 0 Å². The van der Waals surface area contributed by atoms with Gasteiger partial charge < -0.3 is 19.8 Å². The van der Waals surface area contributed by atoms with Gasteiger partial charge >= 0.3 is 0 Å². The number of hydrogen-bond donors (Lipinski definition) is 1. The number of pyridine rings is 1. The Bertz CT molecular complexity index is 1150. The molecule has 0 fully saturated rings. The maximum absolute atomic E-state index is 6.32. The molecule has 2 heterocycles. The highest BCUT2D eigenvalue weighted by atomic mass is 16.5. The Kier molecular flexibility index (Phi) is 5.86. The second-order valence-electron chi connectivity index (χ2n) is 7.92. The van der Waals surface area contributed by atoms with E-state index in [1.807, 2.05) is 42.5 Å². The van der Waals surface area contributed by atoms with E-state index >= 15 is 0 Å². The van der Waals surface area contributed by atoms with Crippen LogP contribution in [0.4, 0.5) is 5.82 Å². The van der Waals surface area contributed by atoms with E-state index in [0.29, 0.717) is 24.9 Å². The van der Waals surface area contributed by atoms with E-state index in [-0.39, 0.29) is 0 Å². The predicted molar refractivity (Wildman–Crippen MR) is 121 cm³/mol. The first-order valence-corrected chi connectivity index (χ1v) is 10.3. The van der Waals surface area contributed by atoms with Crippen molar-refractivity contribution in [2.45, 2.75) is 33.4 Å². The van der Waals surface area contributed by atoms with Crippen LogP contribution in [-0.2, 0) is 24.3 Å². The van der Waals surface area contributed by atoms with Crippen LogP contribution in [0.15, 0.2) is 48.5 Å². The highest BCUT2D eigenvalue weighted by Gasteiger charge is 2.18. The Morgan fingerprint density at radius 2 is 1.87 bits per heavy atom. The molecule has 2 N–H and O–H groups in total. The van der Waals surface area contributed by atoms with Crippen LogP contribution in [-0.4, -0.2) is 28.3 Å². The molecule has 6 nitrogen and oxygen atoms in total. The molecule has 0 bridgehead atoms. The van der Waals surface area contributed by atoms with E-state index < -0.39 is 0 Å². The normalized spacial score (nSPS) is 11.6. The molecule has 0 radical (unpaired) electrons. The van der Waals surface area contributed by atoms with E-state index in [1.54, 1.807) is 7.11 Å². The predicted octanol–water partition coefficient (Wildman–Crippen LogP) is 4.59. The van der Waals surface area contributed by atoms with Crippen molar-refractivity contribution in [1.82, 2.24) is 14.5 Å². The summed E-state index contributed by atoms with van der Waals surface area (Å²) < 4.78 is 13.5. The molecule has 30 heavy (non-hydrogen) atoms. The van der Waals surface area contributed by atoms with Gasteiger partial charge in [-0.1, -0.05) is 44.2 Å². The number of nitrogens with zero attached hydrogens (tertiary/aromatic N) is 3. The van der Waals surface area contributed by atoms with Gasteiger partial charge in [0.05, 0.1) is 17.6 Å². The number of hydrogen-bond acceptors (Lipinski definition) is 5. The lowest BCUT2D eigenvalue weighted by Gasteiger charge is -2.13. The lowest BCUT2D eigenvalue weighted by atomic mass is 10.1. The molecular formula is C24H28N4O2. The van der Waals surface area contributed by atoms with Crippen molar-refractivity contribution in [3.05, 3.63) is 59.9 Å². The van der Waals surface area contributed by atoms with Crippen LogP contribution in [0.5, 0.6) is 5.75 Å². The summed E-state index contributed by atoms with van der Waals surface area (Å²) >= 11 is 0. The maximum atomic E-state index is 6.32. The van der Waals surface area contributed by atoms with Gasteiger partial charge in [-0.2, -0.15) is 0 Å². The summed E-state index contributed by atoms with van der Waals surface area (Å²) in [4.78, 5) is 9.44. The number of rotatable bonds is 8. The summed E-state index contributed by atoms with van der Waals surface area (Å²) in [6, 6.07) is 16.1. The lowest BCUT2D eigenvalue weighted by molar-refractivity contribution is 0.199. The largest absolute Gasteiger partial charge is 0.489 e. The second-order valence-corrected chi connectivity index (χ2v) is 7.92. The molecule has 6 heteroatoms. The number of ether oxygens (including phenoxy) is 2. The molecule has 0 saturated carbocycles. The molecule has 4 aromatic rings. The van der Waals surface area contributed by atoms with Gasteiger partial charge in [0.1, 0.15) is 23.7 Å². The van der Waals surface area contributed by atoms with Crippen LogP contribution in [0, 0.1) is 5.92 Å². The summed E-state index contributed by atoms with van der Waals surface area (Å²) in [5.74, 6) is 2.67. The molecule has 0 unspecified atom stereocenters. The molecular weight excluding hydrogens is 376 g/mol. The minimum Gasteiger partial charge on any atom is -0.489 e. The molecule has 0 aliphatic rings. The first-order chi connectivity index (χ1) is 14.6. The molecule has 0 saturated heterocycles. The van der Waals surface area contributed by atoms with E-state index in [0.717, 1.165) is 52.0 Å². The quantitative estimate of drug-likeness (QED) is 0.465. The van der Waals surface area contributed by atoms with Crippen LogP contribution >= 0.6 is 0 Å². The number of nitrogen functional groups attached to an aromatic ring is 1. The molecule has 2 aromatic heterocycles. The molecule has 0 amide bonds. The topological polar surface area (TPSA) is 75.2 Å². The summed E-state index contributed by atoms with van der Waals surface area (Å²) in [6.45, 7) is 6.39. The summed E-state index contributed by atoms with van der Waals surface area (Å²) in [6.07, 6.45) is 0.733. The average molecular weight is 405 g/mol. The fourth-order valence-corrected chi connectivity index (χ4v) is 3.71. The lowest BCUT2D eigenvalue weighted by Crippen LogP contribution is -2.10. The third kappa shape index (κ3) is 4.09. The van der Waals surface area contributed by atoms with Gasteiger partial charge in [-0.05, 0) is 23.6 Å². The molecule has 156 valence electrons. The highest BCUT2D eigenvalue weighted by Crippen LogP contribution is 2.32. The third-order valence-electron chi connectivity index (χ3n) is 5.08. The van der Waals surface area contributed by atoms with Crippen LogP contribution in [0.25, 0.3) is 21.9 Å². The van der Waals surface area contributed by atoms with Gasteiger partial charge in [-0.3, -0.25) is 0 Å². The summed E-state index contributed by atoms with van der Waals surface area (Å²) in [5, 5.41) is 1.03. The van der Waals surface area contributed by atoms with Gasteiger partial charge in [0.25, 0.3) is 0 Å². The van der Waals surface area contributed by atoms with Crippen molar-refractivity contribution >= 4 is 27.8 Å². The first kappa shape index (κ1) is 20.2. The Morgan fingerprint density at radius 3 is 2.60 bits per heavy atom. The van der Waals surface area contributed by atoms with E-state index in [4.69, 9.17) is 20.2 Å². The van der Waals surface area contributed by atoms with Gasteiger partial charge in [0.2, 0.25) is 0 Å². The Hall–Kier alpha value is -3.12. The minimum absolute atomic E-state index is 0.443. The number of benzene rings is 2. The van der Waals surface area contributed by atoms with Gasteiger partial charge in [0, 0.05) is 31.5 Å². The highest BCUT2D eigenvalue weighted by molar-refractivity contribution is 6.06. The van der Waals surface area contributed by atoms with Crippen LogP contribution in [0.3, 0.4) is 0 Å². The van der Waals surface area contributed by atoms with Gasteiger partial charge in [-0.25, -0.2) is 9.97 Å². The Labute approximate surface area is 176 Å². The molecule has 4 rings (SSSR count). The number of anilines is 1. The Morgan fingerprint density at radius 1 is 1.07 bits per heavy atom. The molecule has 2 aromatic carbocycles. The number of aromatic nitrogens is 3. The van der Waals surface area contributed by atoms with E-state index in [2.05, 4.69) is 29.5 Å². The first-order valence-electron chi connectivity index (χ1n) is 10.3. The third-order valence-corrected chi connectivity index (χ3v) is 5.08. The molecule has 0 aliphatic carbocycles. The SMILES string of the molecule is COCCc1nc2c(N)nc3cc(OCc4ccccc4)ccc3c2n1CC(C)C. The van der Waals surface area contributed by atoms with Crippen molar-refractivity contribution in [3.63, 3.8) is 0 Å². The zero-order valence-electron chi connectivity index (χ0n) is 17.8. The maximum Gasteiger partial charge on any atom is 0.152 e. The summed E-state index contributed by atoms with van der Waals surface area (Å²) in [5.41, 5.74) is 10.0. The zero-order valence-corrected chi connectivity index (χ0v) is 17.8. The smallest absolute Gasteiger partial charge is 0.152 e.